The van der Waals surface area contributed by atoms with E-state index in [-0.39, 0.29) is 18.1 Å². The molecule has 0 radical (unpaired) electrons. The fourth-order valence-electron chi connectivity index (χ4n) is 5.43. The first-order valence-electron chi connectivity index (χ1n) is 16.5. The van der Waals surface area contributed by atoms with E-state index in [1.54, 1.807) is 0 Å². The van der Waals surface area contributed by atoms with E-state index < -0.39 is 52.5 Å². The molecule has 0 bridgehead atoms. The third kappa shape index (κ3) is 17.1. The molecule has 0 unspecified atom stereocenters. The molecule has 2 rings (SSSR count). The number of aliphatic hydroxyl groups is 1. The summed E-state index contributed by atoms with van der Waals surface area (Å²) >= 11 is 0. The first kappa shape index (κ1) is 40.7. The quantitative estimate of drug-likeness (QED) is 0.0580. The smallest absolute Gasteiger partial charge is 0.386 e. The van der Waals surface area contributed by atoms with Crippen LogP contribution in [0.15, 0.2) is 17.1 Å². The molecule has 1 saturated heterocycles. The Morgan fingerprint density at radius 3 is 1.83 bits per heavy atom. The fourth-order valence-corrected chi connectivity index (χ4v) is 6.35. The van der Waals surface area contributed by atoms with Gasteiger partial charge >= 0.3 is 21.3 Å². The number of hydrogen-bond donors (Lipinski definition) is 6. The lowest BCUT2D eigenvalue weighted by Crippen LogP contribution is -2.37. The monoisotopic (exact) mass is 697 g/mol. The minimum Gasteiger partial charge on any atom is -0.386 e. The number of hydrogen-bond acceptors (Lipinski definition) is 9. The Morgan fingerprint density at radius 2 is 1.37 bits per heavy atom. The minimum atomic E-state index is -5.18. The molecule has 17 heteroatoms. The van der Waals surface area contributed by atoms with Crippen LogP contribution in [-0.2, 0) is 27.7 Å². The summed E-state index contributed by atoms with van der Waals surface area (Å²) in [5, 5.41) is 13.1. The maximum Gasteiger partial charge on any atom is 0.470 e. The van der Waals surface area contributed by atoms with Gasteiger partial charge in [0.25, 0.3) is 0 Å². The molecule has 1 aliphatic rings. The molecule has 1 fully saturated rings. The Labute approximate surface area is 270 Å². The number of phosphoric acid groups is 2. The Hall–Kier alpha value is -1.51. The van der Waals surface area contributed by atoms with Gasteiger partial charge < -0.3 is 34.7 Å². The number of ether oxygens (including phenoxy) is 1. The average molecular weight is 698 g/mol. The lowest BCUT2D eigenvalue weighted by molar-refractivity contribution is -0.116. The summed E-state index contributed by atoms with van der Waals surface area (Å²) in [4.78, 5) is 65.0. The van der Waals surface area contributed by atoms with Crippen molar-refractivity contribution in [1.29, 1.82) is 0 Å². The van der Waals surface area contributed by atoms with Crippen LogP contribution < -0.4 is 11.0 Å². The molecule has 2 heterocycles. The number of aromatic nitrogens is 2. The molecule has 1 aromatic rings. The van der Waals surface area contributed by atoms with Gasteiger partial charge in [0.1, 0.15) is 24.1 Å². The maximum absolute atomic E-state index is 12.7. The number of amides is 1. The lowest BCUT2D eigenvalue weighted by Gasteiger charge is -2.21. The second-order valence-electron chi connectivity index (χ2n) is 11.9. The van der Waals surface area contributed by atoms with Crippen molar-refractivity contribution in [3.05, 3.63) is 22.7 Å². The van der Waals surface area contributed by atoms with Gasteiger partial charge in [-0.2, -0.15) is 4.98 Å². The van der Waals surface area contributed by atoms with E-state index in [0.717, 1.165) is 30.0 Å². The number of nitrogens with zero attached hydrogens (tertiary/aromatic N) is 2. The number of carbonyl (C=O) groups excluding carboxylic acids is 1. The van der Waals surface area contributed by atoms with E-state index in [9.17, 15) is 33.6 Å². The Morgan fingerprint density at radius 1 is 0.870 bits per heavy atom. The van der Waals surface area contributed by atoms with Crippen molar-refractivity contribution < 1.29 is 52.4 Å². The van der Waals surface area contributed by atoms with Crippen molar-refractivity contribution in [1.82, 2.24) is 9.55 Å². The van der Waals surface area contributed by atoms with Crippen LogP contribution in [0, 0.1) is 0 Å². The first-order chi connectivity index (χ1) is 21.8. The summed E-state index contributed by atoms with van der Waals surface area (Å²) in [7, 11) is -10.2. The van der Waals surface area contributed by atoms with Gasteiger partial charge in [-0.05, 0) is 12.5 Å². The number of nitrogens with one attached hydrogen (secondary N) is 1. The summed E-state index contributed by atoms with van der Waals surface area (Å²) < 4.78 is 37.5. The molecule has 0 aromatic carbocycles. The normalized spacial score (nSPS) is 20.3. The van der Waals surface area contributed by atoms with Gasteiger partial charge in [0.05, 0.1) is 6.61 Å². The van der Waals surface area contributed by atoms with E-state index in [4.69, 9.17) is 14.5 Å². The molecule has 266 valence electrons. The topological polar surface area (TPSA) is 227 Å². The van der Waals surface area contributed by atoms with Crippen molar-refractivity contribution in [3.8, 4) is 0 Å². The van der Waals surface area contributed by atoms with Gasteiger partial charge in [-0.25, -0.2) is 13.9 Å². The number of carbonyl (C=O) groups is 1. The third-order valence-electron chi connectivity index (χ3n) is 7.85. The van der Waals surface area contributed by atoms with Crippen LogP contribution in [0.4, 0.5) is 5.82 Å². The van der Waals surface area contributed by atoms with Gasteiger partial charge in [-0.3, -0.25) is 18.4 Å². The highest BCUT2D eigenvalue weighted by molar-refractivity contribution is 7.46. The number of aliphatic hydroxyl groups excluding tert-OH is 1. The molecule has 46 heavy (non-hydrogen) atoms. The molecule has 0 saturated carbocycles. The summed E-state index contributed by atoms with van der Waals surface area (Å²) in [6, 6.07) is 1.28. The largest absolute Gasteiger partial charge is 0.470 e. The van der Waals surface area contributed by atoms with Crippen LogP contribution in [0.1, 0.15) is 129 Å². The standard InChI is InChI=1S/C29H53N3O12P2/c1-2-3-4-5-6-7-8-9-10-11-12-13-14-15-16-17-18-19-25(33)30-24-20-21-32(29(35)31-24)28-26(34)27(44-46(39,40)41)23(43-28)22-42-45(36,37)38/h20-21,23,26-28,34H,2-19,22H2,1H3,(H2,36,37,38)(H2,39,40,41)(H,30,31,33,35)/t23-,26-,27-,28-/m1/s1. The van der Waals surface area contributed by atoms with E-state index in [1.165, 1.54) is 89.5 Å². The van der Waals surface area contributed by atoms with Gasteiger partial charge in [0.2, 0.25) is 5.91 Å². The van der Waals surface area contributed by atoms with Crippen molar-refractivity contribution >= 4 is 27.4 Å². The lowest BCUT2D eigenvalue weighted by atomic mass is 10.0. The fraction of sp³-hybridized carbons (Fsp3) is 0.828. The van der Waals surface area contributed by atoms with Gasteiger partial charge in [0.15, 0.2) is 6.23 Å². The molecule has 4 atom stereocenters. The second-order valence-corrected chi connectivity index (χ2v) is 14.3. The average Bonchev–Trinajstić information content (AvgIpc) is 3.26. The molecular formula is C29H53N3O12P2. The van der Waals surface area contributed by atoms with Gasteiger partial charge in [-0.15, -0.1) is 0 Å². The molecular weight excluding hydrogens is 644 g/mol. The summed E-state index contributed by atoms with van der Waals surface area (Å²) in [5.41, 5.74) is -0.967. The highest BCUT2D eigenvalue weighted by Crippen LogP contribution is 2.45. The zero-order valence-electron chi connectivity index (χ0n) is 26.8. The molecule has 1 aromatic heterocycles. The number of anilines is 1. The van der Waals surface area contributed by atoms with Crippen LogP contribution in [-0.4, -0.2) is 65.1 Å². The van der Waals surface area contributed by atoms with E-state index in [0.29, 0.717) is 6.42 Å². The van der Waals surface area contributed by atoms with Crippen molar-refractivity contribution in [2.45, 2.75) is 147 Å². The predicted molar refractivity (Wildman–Crippen MR) is 171 cm³/mol. The Kier molecular flexibility index (Phi) is 19.0. The molecule has 1 amide bonds. The molecule has 0 aliphatic carbocycles. The van der Waals surface area contributed by atoms with Crippen molar-refractivity contribution in [3.63, 3.8) is 0 Å². The van der Waals surface area contributed by atoms with E-state index >= 15 is 0 Å². The van der Waals surface area contributed by atoms with Crippen molar-refractivity contribution in [2.24, 2.45) is 0 Å². The highest BCUT2D eigenvalue weighted by atomic mass is 31.2. The molecule has 6 N–H and O–H groups in total. The molecule has 0 spiro atoms. The summed E-state index contributed by atoms with van der Waals surface area (Å²) in [6.07, 6.45) is 15.7. The zero-order valence-corrected chi connectivity index (χ0v) is 28.6. The maximum atomic E-state index is 12.7. The Bertz CT molecular complexity index is 1170. The van der Waals surface area contributed by atoms with Gasteiger partial charge in [-0.1, -0.05) is 110 Å². The number of unbranched alkanes of at least 4 members (excludes halogenated alkanes) is 16. The Balaban J connectivity index is 1.65. The van der Waals surface area contributed by atoms with Crippen LogP contribution in [0.2, 0.25) is 0 Å². The summed E-state index contributed by atoms with van der Waals surface area (Å²) in [6.45, 7) is 1.34. The number of phosphoric ester groups is 2. The highest BCUT2D eigenvalue weighted by Gasteiger charge is 2.49. The van der Waals surface area contributed by atoms with Gasteiger partial charge in [0, 0.05) is 12.6 Å². The van der Waals surface area contributed by atoms with E-state index in [1.807, 2.05) is 0 Å². The van der Waals surface area contributed by atoms with Crippen LogP contribution in [0.25, 0.3) is 0 Å². The first-order valence-corrected chi connectivity index (χ1v) is 19.5. The van der Waals surface area contributed by atoms with Crippen molar-refractivity contribution in [2.75, 3.05) is 11.9 Å². The molecule has 1 aliphatic heterocycles. The zero-order chi connectivity index (χ0) is 34.0. The SMILES string of the molecule is CCCCCCCCCCCCCCCCCCCC(=O)Nc1ccn([C@@H]2O[C@H](COP(=O)(O)O)[C@@H](OP(=O)(O)O)[C@H]2O)c(=O)n1. The minimum absolute atomic E-state index is 0.0323. The van der Waals surface area contributed by atoms with Crippen LogP contribution >= 0.6 is 15.6 Å². The second kappa shape index (κ2) is 21.5. The number of rotatable bonds is 25. The summed E-state index contributed by atoms with van der Waals surface area (Å²) in [5.74, 6) is -0.345. The third-order valence-corrected chi connectivity index (χ3v) is 8.86. The van der Waals surface area contributed by atoms with Crippen LogP contribution in [0.3, 0.4) is 0 Å². The van der Waals surface area contributed by atoms with Crippen LogP contribution in [0.5, 0.6) is 0 Å². The molecule has 15 nitrogen and oxygen atoms in total. The predicted octanol–water partition coefficient (Wildman–Crippen LogP) is 5.07. The van der Waals surface area contributed by atoms with E-state index in [2.05, 4.69) is 26.3 Å².